The van der Waals surface area contributed by atoms with Gasteiger partial charge in [-0.05, 0) is 44.0 Å². The van der Waals surface area contributed by atoms with E-state index in [-0.39, 0.29) is 11.7 Å². The van der Waals surface area contributed by atoms with E-state index in [0.29, 0.717) is 11.1 Å². The van der Waals surface area contributed by atoms with Gasteiger partial charge in [0.15, 0.2) is 0 Å². The first kappa shape index (κ1) is 14.1. The van der Waals surface area contributed by atoms with Gasteiger partial charge in [0.2, 0.25) is 0 Å². The van der Waals surface area contributed by atoms with Crippen molar-refractivity contribution in [1.29, 1.82) is 5.26 Å². The molecular formula is C16H16FN3. The van der Waals surface area contributed by atoms with E-state index in [0.717, 1.165) is 23.5 Å². The van der Waals surface area contributed by atoms with Crippen LogP contribution >= 0.6 is 0 Å². The topological polar surface area (TPSA) is 49.6 Å². The van der Waals surface area contributed by atoms with Crippen molar-refractivity contribution in [2.45, 2.75) is 33.1 Å². The summed E-state index contributed by atoms with van der Waals surface area (Å²) in [5.41, 5.74) is 3.67. The van der Waals surface area contributed by atoms with E-state index < -0.39 is 0 Å². The zero-order chi connectivity index (χ0) is 14.7. The van der Waals surface area contributed by atoms with Gasteiger partial charge in [-0.3, -0.25) is 9.97 Å². The molecule has 0 aliphatic heterocycles. The summed E-state index contributed by atoms with van der Waals surface area (Å²) in [5, 5.41) is 9.19. The SMILES string of the molecule is CC[C@@H](c1cnc(C)c(C)n1)c1cc(F)ccc1C#N. The highest BCUT2D eigenvalue weighted by Gasteiger charge is 2.19. The number of nitriles is 1. The number of halogens is 1. The average molecular weight is 269 g/mol. The summed E-state index contributed by atoms with van der Waals surface area (Å²) in [5.74, 6) is -0.457. The van der Waals surface area contributed by atoms with Gasteiger partial charge in [-0.25, -0.2) is 4.39 Å². The van der Waals surface area contributed by atoms with E-state index in [1.165, 1.54) is 18.2 Å². The Morgan fingerprint density at radius 1 is 1.30 bits per heavy atom. The highest BCUT2D eigenvalue weighted by atomic mass is 19.1. The second-order valence-electron chi connectivity index (χ2n) is 4.77. The van der Waals surface area contributed by atoms with Gasteiger partial charge in [-0.15, -0.1) is 0 Å². The van der Waals surface area contributed by atoms with Gasteiger partial charge in [-0.1, -0.05) is 6.92 Å². The molecular weight excluding hydrogens is 253 g/mol. The molecule has 0 bridgehead atoms. The summed E-state index contributed by atoms with van der Waals surface area (Å²) in [4.78, 5) is 8.84. The molecule has 0 unspecified atom stereocenters. The largest absolute Gasteiger partial charge is 0.258 e. The van der Waals surface area contributed by atoms with Crippen LogP contribution in [0, 0.1) is 31.0 Å². The molecule has 0 spiro atoms. The lowest BCUT2D eigenvalue weighted by Gasteiger charge is -2.17. The molecule has 0 N–H and O–H groups in total. The third-order valence-electron chi connectivity index (χ3n) is 3.49. The van der Waals surface area contributed by atoms with E-state index in [9.17, 15) is 9.65 Å². The fourth-order valence-electron chi connectivity index (χ4n) is 2.24. The van der Waals surface area contributed by atoms with Crippen molar-refractivity contribution in [2.75, 3.05) is 0 Å². The Morgan fingerprint density at radius 3 is 2.65 bits per heavy atom. The maximum absolute atomic E-state index is 13.5. The van der Waals surface area contributed by atoms with Gasteiger partial charge in [0, 0.05) is 12.1 Å². The molecule has 102 valence electrons. The molecule has 0 aliphatic carbocycles. The smallest absolute Gasteiger partial charge is 0.123 e. The third kappa shape index (κ3) is 2.67. The predicted octanol–water partition coefficient (Wildman–Crippen LogP) is 3.65. The fourth-order valence-corrected chi connectivity index (χ4v) is 2.24. The minimum atomic E-state index is -0.339. The summed E-state index contributed by atoms with van der Waals surface area (Å²) in [6, 6.07) is 6.36. The molecule has 0 fully saturated rings. The van der Waals surface area contributed by atoms with Crippen LogP contribution in [-0.4, -0.2) is 9.97 Å². The Hall–Kier alpha value is -2.28. The van der Waals surface area contributed by atoms with Crippen LogP contribution in [0.5, 0.6) is 0 Å². The van der Waals surface area contributed by atoms with Gasteiger partial charge in [-0.2, -0.15) is 5.26 Å². The van der Waals surface area contributed by atoms with Crippen molar-refractivity contribution in [1.82, 2.24) is 9.97 Å². The van der Waals surface area contributed by atoms with Crippen molar-refractivity contribution in [3.05, 3.63) is 58.4 Å². The lowest BCUT2D eigenvalue weighted by molar-refractivity contribution is 0.620. The second kappa shape index (κ2) is 5.79. The number of aromatic nitrogens is 2. The average Bonchev–Trinajstić information content (AvgIpc) is 2.44. The molecule has 0 radical (unpaired) electrons. The summed E-state index contributed by atoms with van der Waals surface area (Å²) in [6.45, 7) is 5.79. The molecule has 4 heteroatoms. The summed E-state index contributed by atoms with van der Waals surface area (Å²) in [6.07, 6.45) is 2.44. The van der Waals surface area contributed by atoms with Crippen molar-refractivity contribution in [3.8, 4) is 6.07 Å². The van der Waals surface area contributed by atoms with E-state index in [1.54, 1.807) is 6.20 Å². The Morgan fingerprint density at radius 2 is 2.05 bits per heavy atom. The quantitative estimate of drug-likeness (QED) is 0.854. The molecule has 2 aromatic rings. The van der Waals surface area contributed by atoms with E-state index in [1.807, 2.05) is 20.8 Å². The third-order valence-corrected chi connectivity index (χ3v) is 3.49. The van der Waals surface area contributed by atoms with Crippen LogP contribution in [0.1, 0.15) is 47.5 Å². The highest BCUT2D eigenvalue weighted by molar-refractivity contribution is 5.43. The van der Waals surface area contributed by atoms with E-state index >= 15 is 0 Å². The fraction of sp³-hybridized carbons (Fsp3) is 0.312. The van der Waals surface area contributed by atoms with Crippen LogP contribution in [0.15, 0.2) is 24.4 Å². The molecule has 3 nitrogen and oxygen atoms in total. The van der Waals surface area contributed by atoms with Gasteiger partial charge in [0.25, 0.3) is 0 Å². The molecule has 1 atom stereocenters. The lowest BCUT2D eigenvalue weighted by atomic mass is 9.89. The normalized spacial score (nSPS) is 11.9. The van der Waals surface area contributed by atoms with Gasteiger partial charge in [0.1, 0.15) is 5.82 Å². The van der Waals surface area contributed by atoms with Gasteiger partial charge in [0.05, 0.1) is 28.7 Å². The highest BCUT2D eigenvalue weighted by Crippen LogP contribution is 2.29. The first-order valence-electron chi connectivity index (χ1n) is 6.56. The van der Waals surface area contributed by atoms with Crippen LogP contribution in [-0.2, 0) is 0 Å². The molecule has 0 amide bonds. The molecule has 0 aliphatic rings. The van der Waals surface area contributed by atoms with Crippen LogP contribution in [0.4, 0.5) is 4.39 Å². The number of rotatable bonds is 3. The van der Waals surface area contributed by atoms with Gasteiger partial charge >= 0.3 is 0 Å². The minimum Gasteiger partial charge on any atom is -0.258 e. The number of benzene rings is 1. The number of aryl methyl sites for hydroxylation is 2. The summed E-state index contributed by atoms with van der Waals surface area (Å²) >= 11 is 0. The maximum Gasteiger partial charge on any atom is 0.123 e. The Bertz CT molecular complexity index is 674. The van der Waals surface area contributed by atoms with Crippen LogP contribution in [0.2, 0.25) is 0 Å². The second-order valence-corrected chi connectivity index (χ2v) is 4.77. The first-order chi connectivity index (χ1) is 9.56. The van der Waals surface area contributed by atoms with Crippen LogP contribution in [0.3, 0.4) is 0 Å². The zero-order valence-electron chi connectivity index (χ0n) is 11.8. The predicted molar refractivity (Wildman–Crippen MR) is 74.8 cm³/mol. The zero-order valence-corrected chi connectivity index (χ0v) is 11.8. The number of nitrogens with zero attached hydrogens (tertiary/aromatic N) is 3. The lowest BCUT2D eigenvalue weighted by Crippen LogP contribution is -2.08. The molecule has 0 saturated heterocycles. The van der Waals surface area contributed by atoms with Gasteiger partial charge < -0.3 is 0 Å². The molecule has 2 rings (SSSR count). The standard InChI is InChI=1S/C16H16FN3/c1-4-14(16-9-19-10(2)11(3)20-16)15-7-13(17)6-5-12(15)8-18/h5-7,9,14H,4H2,1-3H3/t14-/m1/s1. The first-order valence-corrected chi connectivity index (χ1v) is 6.56. The van der Waals surface area contributed by atoms with Crippen molar-refractivity contribution in [2.24, 2.45) is 0 Å². The van der Waals surface area contributed by atoms with Crippen molar-refractivity contribution in [3.63, 3.8) is 0 Å². The number of hydrogen-bond donors (Lipinski definition) is 0. The molecule has 1 heterocycles. The molecule has 1 aromatic heterocycles. The van der Waals surface area contributed by atoms with Crippen molar-refractivity contribution >= 4 is 0 Å². The van der Waals surface area contributed by atoms with E-state index in [4.69, 9.17) is 0 Å². The summed E-state index contributed by atoms with van der Waals surface area (Å²) in [7, 11) is 0. The van der Waals surface area contributed by atoms with E-state index in [2.05, 4.69) is 16.0 Å². The monoisotopic (exact) mass is 269 g/mol. The van der Waals surface area contributed by atoms with Crippen molar-refractivity contribution < 1.29 is 4.39 Å². The molecule has 1 aromatic carbocycles. The Balaban J connectivity index is 2.55. The van der Waals surface area contributed by atoms with Crippen LogP contribution in [0.25, 0.3) is 0 Å². The minimum absolute atomic E-state index is 0.118. The van der Waals surface area contributed by atoms with Crippen LogP contribution < -0.4 is 0 Å². The summed E-state index contributed by atoms with van der Waals surface area (Å²) < 4.78 is 13.5. The number of hydrogen-bond acceptors (Lipinski definition) is 3. The molecule has 0 saturated carbocycles. The maximum atomic E-state index is 13.5. The molecule has 20 heavy (non-hydrogen) atoms. The Kier molecular flexibility index (Phi) is 4.09. The Labute approximate surface area is 118 Å².